The van der Waals surface area contributed by atoms with Gasteiger partial charge >= 0.3 is 12.3 Å². The Bertz CT molecular complexity index is 574. The minimum Gasteiger partial charge on any atom is -0.457 e. The van der Waals surface area contributed by atoms with E-state index in [4.69, 9.17) is 14.9 Å². The van der Waals surface area contributed by atoms with Gasteiger partial charge in [-0.1, -0.05) is 0 Å². The Morgan fingerprint density at radius 2 is 0.905 bits per heavy atom. The number of hydrogen-bond donors (Lipinski definition) is 2. The smallest absolute Gasteiger partial charge is 0.457 e. The highest BCUT2D eigenvalue weighted by atomic mass is 16.7. The topological polar surface area (TPSA) is 102 Å². The molecule has 2 N–H and O–H groups in total. The van der Waals surface area contributed by atoms with Crippen LogP contribution in [0.1, 0.15) is 0 Å². The van der Waals surface area contributed by atoms with Gasteiger partial charge in [-0.3, -0.25) is 0 Å². The Labute approximate surface area is 118 Å². The Morgan fingerprint density at radius 1 is 0.619 bits per heavy atom. The molecule has 0 saturated carbocycles. The summed E-state index contributed by atoms with van der Waals surface area (Å²) in [5, 5.41) is 16.9. The third-order valence-corrected chi connectivity index (χ3v) is 2.29. The average molecular weight is 290 g/mol. The van der Waals surface area contributed by atoms with Gasteiger partial charge in [-0.2, -0.15) is 0 Å². The summed E-state index contributed by atoms with van der Waals surface area (Å²) < 4.78 is 14.4. The Kier molecular flexibility index (Phi) is 4.25. The molecule has 0 fully saturated rings. The summed E-state index contributed by atoms with van der Waals surface area (Å²) in [5.74, 6) is 1.30. The molecule has 2 aromatic carbocycles. The molecule has 0 aromatic heterocycles. The number of carbonyl (C=O) groups is 2. The van der Waals surface area contributed by atoms with Gasteiger partial charge in [0.25, 0.3) is 0 Å². The molecule has 0 aliphatic carbocycles. The summed E-state index contributed by atoms with van der Waals surface area (Å²) in [4.78, 5) is 20.7. The number of benzene rings is 2. The van der Waals surface area contributed by atoms with Crippen molar-refractivity contribution in [3.8, 4) is 23.0 Å². The van der Waals surface area contributed by atoms with E-state index in [1.165, 1.54) is 24.3 Å². The van der Waals surface area contributed by atoms with Gasteiger partial charge in [0.15, 0.2) is 0 Å². The Morgan fingerprint density at radius 3 is 1.19 bits per heavy atom. The van der Waals surface area contributed by atoms with Crippen molar-refractivity contribution in [2.75, 3.05) is 0 Å². The van der Waals surface area contributed by atoms with Gasteiger partial charge in [0.05, 0.1) is 0 Å². The van der Waals surface area contributed by atoms with E-state index >= 15 is 0 Å². The van der Waals surface area contributed by atoms with Gasteiger partial charge in [-0.05, 0) is 48.5 Å². The van der Waals surface area contributed by atoms with Crippen molar-refractivity contribution in [2.24, 2.45) is 0 Å². The van der Waals surface area contributed by atoms with E-state index in [1.807, 2.05) is 0 Å². The molecule has 0 bridgehead atoms. The van der Waals surface area contributed by atoms with Crippen molar-refractivity contribution in [3.63, 3.8) is 0 Å². The molecular formula is C14H10O7. The van der Waals surface area contributed by atoms with Crippen LogP contribution in [0.25, 0.3) is 0 Å². The van der Waals surface area contributed by atoms with Crippen LogP contribution in [0.2, 0.25) is 0 Å². The van der Waals surface area contributed by atoms with E-state index in [2.05, 4.69) is 9.47 Å². The van der Waals surface area contributed by atoms with Crippen molar-refractivity contribution in [1.82, 2.24) is 0 Å². The van der Waals surface area contributed by atoms with Crippen molar-refractivity contribution >= 4 is 12.3 Å². The summed E-state index contributed by atoms with van der Waals surface area (Å²) >= 11 is 0. The summed E-state index contributed by atoms with van der Waals surface area (Å²) in [6.07, 6.45) is -2.78. The maximum absolute atomic E-state index is 10.3. The van der Waals surface area contributed by atoms with Gasteiger partial charge in [0.1, 0.15) is 23.0 Å². The zero-order valence-electron chi connectivity index (χ0n) is 10.6. The highest BCUT2D eigenvalue weighted by Crippen LogP contribution is 2.25. The van der Waals surface area contributed by atoms with E-state index in [1.54, 1.807) is 24.3 Å². The molecule has 2 rings (SSSR count). The second-order valence-corrected chi connectivity index (χ2v) is 3.78. The van der Waals surface area contributed by atoms with Gasteiger partial charge in [-0.15, -0.1) is 0 Å². The normalized spacial score (nSPS) is 9.71. The number of ether oxygens (including phenoxy) is 3. The van der Waals surface area contributed by atoms with Crippen molar-refractivity contribution < 1.29 is 34.0 Å². The third kappa shape index (κ3) is 4.43. The maximum atomic E-state index is 10.3. The molecule has 0 heterocycles. The molecule has 108 valence electrons. The molecule has 2 aromatic rings. The van der Waals surface area contributed by atoms with Crippen molar-refractivity contribution in [2.45, 2.75) is 0 Å². The molecule has 0 radical (unpaired) electrons. The molecule has 0 spiro atoms. The van der Waals surface area contributed by atoms with Crippen molar-refractivity contribution in [3.05, 3.63) is 48.5 Å². The fraction of sp³-hybridized carbons (Fsp3) is 0. The second kappa shape index (κ2) is 6.29. The summed E-state index contributed by atoms with van der Waals surface area (Å²) in [6, 6.07) is 12.0. The average Bonchev–Trinajstić information content (AvgIpc) is 2.42. The second-order valence-electron chi connectivity index (χ2n) is 3.78. The first-order valence-electron chi connectivity index (χ1n) is 5.72. The zero-order valence-corrected chi connectivity index (χ0v) is 10.6. The molecule has 7 heteroatoms. The van der Waals surface area contributed by atoms with Gasteiger partial charge in [0.2, 0.25) is 0 Å². The third-order valence-electron chi connectivity index (χ3n) is 2.29. The lowest BCUT2D eigenvalue weighted by Crippen LogP contribution is -2.02. The van der Waals surface area contributed by atoms with Crippen LogP contribution in [0.4, 0.5) is 9.59 Å². The number of carboxylic acid groups (broad SMARTS) is 2. The van der Waals surface area contributed by atoms with Crippen LogP contribution >= 0.6 is 0 Å². The minimum absolute atomic E-state index is 0.181. The lowest BCUT2D eigenvalue weighted by atomic mass is 10.3. The van der Waals surface area contributed by atoms with Gasteiger partial charge < -0.3 is 24.4 Å². The quantitative estimate of drug-likeness (QED) is 0.655. The Hall–Kier alpha value is -3.22. The van der Waals surface area contributed by atoms with E-state index < -0.39 is 12.3 Å². The summed E-state index contributed by atoms with van der Waals surface area (Å²) in [7, 11) is 0. The van der Waals surface area contributed by atoms with Crippen LogP contribution in [-0.4, -0.2) is 22.5 Å². The monoisotopic (exact) mass is 290 g/mol. The first kappa shape index (κ1) is 14.2. The van der Waals surface area contributed by atoms with Crippen LogP contribution in [-0.2, 0) is 0 Å². The maximum Gasteiger partial charge on any atom is 0.511 e. The first-order valence-corrected chi connectivity index (χ1v) is 5.72. The van der Waals surface area contributed by atoms with Crippen molar-refractivity contribution in [1.29, 1.82) is 0 Å². The van der Waals surface area contributed by atoms with E-state index in [0.29, 0.717) is 11.5 Å². The highest BCUT2D eigenvalue weighted by molar-refractivity contribution is 5.61. The van der Waals surface area contributed by atoms with Crippen LogP contribution in [0, 0.1) is 0 Å². The molecule has 0 amide bonds. The van der Waals surface area contributed by atoms with Crippen LogP contribution < -0.4 is 14.2 Å². The number of rotatable bonds is 4. The molecule has 0 aliphatic heterocycles. The predicted molar refractivity (Wildman–Crippen MR) is 70.3 cm³/mol. The molecule has 21 heavy (non-hydrogen) atoms. The fourth-order valence-corrected chi connectivity index (χ4v) is 1.49. The molecule has 0 unspecified atom stereocenters. The van der Waals surface area contributed by atoms with Crippen LogP contribution in [0.5, 0.6) is 23.0 Å². The van der Waals surface area contributed by atoms with E-state index in [-0.39, 0.29) is 11.5 Å². The standard InChI is InChI=1S/C14H10O7/c15-13(16)20-11-5-1-9(2-6-11)19-10-3-7-12(8-4-10)21-14(17)18/h1-8H,(H,15,16)(H,17,18). The highest BCUT2D eigenvalue weighted by Gasteiger charge is 2.04. The SMILES string of the molecule is O=C(O)Oc1ccc(Oc2ccc(OC(=O)O)cc2)cc1. The fourth-order valence-electron chi connectivity index (χ4n) is 1.49. The molecule has 0 atom stereocenters. The predicted octanol–water partition coefficient (Wildman–Crippen LogP) is 3.59. The van der Waals surface area contributed by atoms with Crippen LogP contribution in [0.3, 0.4) is 0 Å². The van der Waals surface area contributed by atoms with Crippen LogP contribution in [0.15, 0.2) is 48.5 Å². The Balaban J connectivity index is 2.01. The molecule has 0 aliphatic rings. The largest absolute Gasteiger partial charge is 0.511 e. The molecule has 0 saturated heterocycles. The zero-order chi connectivity index (χ0) is 15.2. The lowest BCUT2D eigenvalue weighted by molar-refractivity contribution is 0.143. The summed E-state index contributed by atoms with van der Waals surface area (Å²) in [5.41, 5.74) is 0. The van der Waals surface area contributed by atoms with E-state index in [0.717, 1.165) is 0 Å². The van der Waals surface area contributed by atoms with E-state index in [9.17, 15) is 9.59 Å². The number of hydrogen-bond acceptors (Lipinski definition) is 5. The first-order chi connectivity index (χ1) is 10.0. The molecular weight excluding hydrogens is 280 g/mol. The lowest BCUT2D eigenvalue weighted by Gasteiger charge is -2.07. The van der Waals surface area contributed by atoms with Gasteiger partial charge in [-0.25, -0.2) is 9.59 Å². The molecule has 7 nitrogen and oxygen atoms in total. The van der Waals surface area contributed by atoms with Gasteiger partial charge in [0, 0.05) is 0 Å². The summed E-state index contributed by atoms with van der Waals surface area (Å²) in [6.45, 7) is 0. The minimum atomic E-state index is -1.39.